The van der Waals surface area contributed by atoms with E-state index in [0.717, 1.165) is 93.7 Å². The molecule has 0 unspecified atom stereocenters. The van der Waals surface area contributed by atoms with E-state index in [9.17, 15) is 47.4 Å². The predicted molar refractivity (Wildman–Crippen MR) is 432 cm³/mol. The minimum Gasteiger partial charge on any atom is -0.467 e. The lowest BCUT2D eigenvalue weighted by atomic mass is 10.0. The molecule has 0 saturated heterocycles. The monoisotopic (exact) mass is 1510 g/mol. The summed E-state index contributed by atoms with van der Waals surface area (Å²) in [7, 11) is 3.88. The van der Waals surface area contributed by atoms with E-state index in [1.165, 1.54) is 97.3 Å². The number of methoxy groups -OCH3 is 1. The largest absolute Gasteiger partial charge is 0.467 e. The van der Waals surface area contributed by atoms with E-state index < -0.39 is 95.0 Å². The van der Waals surface area contributed by atoms with Crippen molar-refractivity contribution >= 4 is 107 Å². The van der Waals surface area contributed by atoms with Crippen molar-refractivity contribution in [1.29, 1.82) is 0 Å². The molecule has 102 heavy (non-hydrogen) atoms. The second kappa shape index (κ2) is 50.8. The molecule has 0 fully saturated rings. The number of aliphatic hydroxyl groups excluding tert-OH is 2. The number of unbranched alkanes of at least 4 members (excludes halogenated alkanes) is 1. The second-order valence-electron chi connectivity index (χ2n) is 27.9. The van der Waals surface area contributed by atoms with Crippen molar-refractivity contribution in [3.05, 3.63) is 130 Å². The van der Waals surface area contributed by atoms with Gasteiger partial charge in [-0.15, -0.1) is 0 Å². The number of thioether (sulfide) groups is 2. The number of ether oxygens (including phenoxy) is 1. The number of sulfonamides is 1. The molecule has 19 nitrogen and oxygen atoms in total. The van der Waals surface area contributed by atoms with Crippen molar-refractivity contribution in [3.8, 4) is 0 Å². The highest BCUT2D eigenvalue weighted by molar-refractivity contribution is 8.77. The Morgan fingerprint density at radius 1 is 0.520 bits per heavy atom. The first kappa shape index (κ1) is 92.5. The fourth-order valence-electron chi connectivity index (χ4n) is 10.3. The number of esters is 1. The molecule has 0 spiro atoms. The van der Waals surface area contributed by atoms with Crippen LogP contribution in [0.3, 0.4) is 0 Å². The van der Waals surface area contributed by atoms with E-state index in [2.05, 4.69) is 136 Å². The van der Waals surface area contributed by atoms with Crippen molar-refractivity contribution in [2.24, 2.45) is 5.73 Å². The molecule has 2 aromatic rings. The van der Waals surface area contributed by atoms with Gasteiger partial charge in [0.2, 0.25) is 39.6 Å². The third kappa shape index (κ3) is 39.5. The zero-order valence-corrected chi connectivity index (χ0v) is 68.0. The van der Waals surface area contributed by atoms with Gasteiger partial charge in [-0.05, 0) is 178 Å². The van der Waals surface area contributed by atoms with Crippen LogP contribution in [-0.4, -0.2) is 165 Å². The molecule has 0 radical (unpaired) electrons. The summed E-state index contributed by atoms with van der Waals surface area (Å²) in [6, 6.07) is 2.36. The Bertz CT molecular complexity index is 3340. The number of benzene rings is 2. The summed E-state index contributed by atoms with van der Waals surface area (Å²) >= 11 is 2.70. The normalized spacial score (nSPS) is 14.6. The number of allylic oxidation sites excluding steroid dienone is 14. The van der Waals surface area contributed by atoms with E-state index in [4.69, 9.17) is 10.5 Å². The standard InChI is InChI=1S/C78H124N8O11S5/c1-54(2)27-19-29-56(5)31-21-33-58(7)35-23-37-60(9)44-47-98-52-68(76(93)83-67(50-88)75(92)85-69(77(94)97-16)53-99-48-45-61(10)38-24-36-59(8)34-22-32-57(6)30-20-28-55(3)4)84-74(91)66(49-87)82-73(90)65(81-72(89)64(79)51-100-101-78(11,12)13)41-17-18-46-80-102(95,96)71-43-26-39-62-63(71)40-25-42-70(62)86(14)15/h25-28,31-32,35-36,39-40,42-45,64-69,80,87-88H,17-24,29-30,33-34,37-38,41,46-53,79H2,1-16H3,(H,81,89)(H,82,90)(H,83,93)(H,84,91)(H,85,92)/b56-31+,57-32+,58-35+,59-36+,60-44+,61-45+/t64-,65-,66-,67-,68-,69-/m0/s1. The SMILES string of the molecule is COC(=O)[C@H](CSC/C=C(\C)CC/C=C(\C)CC/C=C(\C)CCC=C(C)C)NC(=O)[C@H](CO)NC(=O)[C@H](CSC/C=C(\C)CC/C=C(\C)CC/C=C(\C)CCC=C(C)C)NC(=O)[C@H](CO)NC(=O)[C@H](CCCCNS(=O)(=O)c1cccc2c(N(C)C)cccc12)NC(=O)[C@@H](N)CSSC(C)(C)C. The van der Waals surface area contributed by atoms with Crippen molar-refractivity contribution in [3.63, 3.8) is 0 Å². The molecule has 2 aromatic carbocycles. The Morgan fingerprint density at radius 3 is 1.35 bits per heavy atom. The van der Waals surface area contributed by atoms with Gasteiger partial charge in [0.05, 0.1) is 31.3 Å². The fourth-order valence-corrected chi connectivity index (χ4v) is 16.0. The van der Waals surface area contributed by atoms with Gasteiger partial charge in [-0.2, -0.15) is 23.5 Å². The number of fused-ring (bicyclic) bond motifs is 1. The summed E-state index contributed by atoms with van der Waals surface area (Å²) in [5.74, 6) is -3.74. The van der Waals surface area contributed by atoms with Crippen LogP contribution in [0, 0.1) is 0 Å². The summed E-state index contributed by atoms with van der Waals surface area (Å²) in [5, 5.41) is 35.7. The summed E-state index contributed by atoms with van der Waals surface area (Å²) in [6.45, 7) is 25.4. The topological polar surface area (TPSA) is 288 Å². The molecule has 10 N–H and O–H groups in total. The lowest BCUT2D eigenvalue weighted by Gasteiger charge is -2.26. The van der Waals surface area contributed by atoms with E-state index in [0.29, 0.717) is 16.9 Å². The molecule has 5 amide bonds. The predicted octanol–water partition coefficient (Wildman–Crippen LogP) is 13.2. The Balaban J connectivity index is 2.35. The van der Waals surface area contributed by atoms with Gasteiger partial charge in [0.1, 0.15) is 30.2 Å². The molecular weight excluding hydrogens is 1390 g/mol. The lowest BCUT2D eigenvalue weighted by Crippen LogP contribution is -2.61. The molecular formula is C78H124N8O11S5. The molecule has 0 heterocycles. The van der Waals surface area contributed by atoms with E-state index in [1.807, 2.05) is 64.9 Å². The minimum atomic E-state index is -4.01. The highest BCUT2D eigenvalue weighted by Gasteiger charge is 2.33. The molecule has 0 aliphatic carbocycles. The molecule has 6 atom stereocenters. The Kier molecular flexibility index (Phi) is 46.1. The molecule has 0 aliphatic heterocycles. The number of hydrogen-bond acceptors (Lipinski definition) is 17. The molecule has 2 rings (SSSR count). The van der Waals surface area contributed by atoms with Crippen LogP contribution in [0.1, 0.15) is 186 Å². The summed E-state index contributed by atoms with van der Waals surface area (Å²) < 4.78 is 35.1. The van der Waals surface area contributed by atoms with Gasteiger partial charge in [-0.3, -0.25) is 24.0 Å². The second-order valence-corrected chi connectivity index (χ2v) is 34.9. The van der Waals surface area contributed by atoms with Crippen LogP contribution in [-0.2, 0) is 43.5 Å². The molecule has 0 aliphatic rings. The minimum absolute atomic E-state index is 0.0171. The highest BCUT2D eigenvalue weighted by Crippen LogP contribution is 2.35. The number of carbonyl (C=O) groups excluding carboxylic acids is 6. The van der Waals surface area contributed by atoms with Crippen LogP contribution >= 0.6 is 45.1 Å². The molecule has 0 saturated carbocycles. The Morgan fingerprint density at radius 2 is 0.912 bits per heavy atom. The van der Waals surface area contributed by atoms with Crippen molar-refractivity contribution in [1.82, 2.24) is 31.3 Å². The smallest absolute Gasteiger partial charge is 0.329 e. The average Bonchev–Trinajstić information content (AvgIpc) is 0.778. The van der Waals surface area contributed by atoms with Crippen LogP contribution in [0.15, 0.2) is 134 Å². The first-order valence-corrected chi connectivity index (χ1v) is 41.8. The van der Waals surface area contributed by atoms with Gasteiger partial charge >= 0.3 is 5.97 Å². The zero-order valence-electron chi connectivity index (χ0n) is 63.9. The first-order chi connectivity index (χ1) is 48.2. The van der Waals surface area contributed by atoms with Gasteiger partial charge in [-0.25, -0.2) is 17.9 Å². The Hall–Kier alpha value is -5.57. The van der Waals surface area contributed by atoms with Gasteiger partial charge in [0.25, 0.3) is 0 Å². The van der Waals surface area contributed by atoms with E-state index in [-0.39, 0.29) is 52.7 Å². The number of carbonyl (C=O) groups is 6. The molecule has 0 bridgehead atoms. The van der Waals surface area contributed by atoms with Crippen LogP contribution in [0.25, 0.3) is 10.8 Å². The van der Waals surface area contributed by atoms with Crippen molar-refractivity contribution in [2.45, 2.75) is 232 Å². The number of nitrogens with one attached hydrogen (secondary N) is 6. The van der Waals surface area contributed by atoms with Crippen LogP contribution < -0.4 is 41.9 Å². The highest BCUT2D eigenvalue weighted by atomic mass is 33.1. The average molecular weight is 1510 g/mol. The lowest BCUT2D eigenvalue weighted by molar-refractivity contribution is -0.145. The third-order valence-electron chi connectivity index (χ3n) is 16.4. The number of amides is 5. The summed E-state index contributed by atoms with van der Waals surface area (Å²) in [4.78, 5) is 85.7. The number of hydrogen-bond donors (Lipinski definition) is 9. The van der Waals surface area contributed by atoms with Crippen LogP contribution in [0.4, 0.5) is 5.69 Å². The van der Waals surface area contributed by atoms with Crippen LogP contribution in [0.5, 0.6) is 0 Å². The third-order valence-corrected chi connectivity index (χ3v) is 23.2. The van der Waals surface area contributed by atoms with Crippen molar-refractivity contribution < 1.29 is 52.1 Å². The number of nitrogens with zero attached hydrogens (tertiary/aromatic N) is 1. The zero-order chi connectivity index (χ0) is 76.4. The fraction of sp³-hybridized carbons (Fsp3) is 0.590. The molecule has 24 heteroatoms. The van der Waals surface area contributed by atoms with Gasteiger partial charge in [0, 0.05) is 70.6 Å². The maximum atomic E-state index is 14.4. The summed E-state index contributed by atoms with van der Waals surface area (Å²) in [5.41, 5.74) is 17.6. The summed E-state index contributed by atoms with van der Waals surface area (Å²) in [6.07, 6.45) is 29.8. The quantitative estimate of drug-likeness (QED) is 0.0129. The van der Waals surface area contributed by atoms with Crippen LogP contribution in [0.2, 0.25) is 0 Å². The maximum Gasteiger partial charge on any atom is 0.329 e. The number of rotatable bonds is 50. The number of anilines is 1. The van der Waals surface area contributed by atoms with Crippen molar-refractivity contribution in [2.75, 3.05) is 74.6 Å². The van der Waals surface area contributed by atoms with Gasteiger partial charge in [0.15, 0.2) is 0 Å². The van der Waals surface area contributed by atoms with Gasteiger partial charge in [-0.1, -0.05) is 160 Å². The first-order valence-electron chi connectivity index (χ1n) is 35.6. The number of nitrogens with two attached hydrogens (primary N) is 1. The molecule has 572 valence electrons. The number of aliphatic hydroxyl groups is 2. The van der Waals surface area contributed by atoms with Gasteiger partial charge < -0.3 is 52.2 Å². The Labute approximate surface area is 628 Å². The van der Waals surface area contributed by atoms with E-state index in [1.54, 1.807) is 18.2 Å². The molecule has 0 aromatic heterocycles. The van der Waals surface area contributed by atoms with E-state index >= 15 is 0 Å². The maximum absolute atomic E-state index is 14.4.